The average molecular weight is 576 g/mol. The zero-order valence-electron chi connectivity index (χ0n) is 24.3. The van der Waals surface area contributed by atoms with Crippen molar-refractivity contribution in [3.63, 3.8) is 0 Å². The Bertz CT molecular complexity index is 1050. The molecule has 7 atom stereocenters. The van der Waals surface area contributed by atoms with Crippen LogP contribution in [0.5, 0.6) is 0 Å². The van der Waals surface area contributed by atoms with Crippen molar-refractivity contribution < 1.29 is 23.1 Å². The van der Waals surface area contributed by atoms with Crippen LogP contribution in [-0.4, -0.2) is 23.2 Å². The molecule has 0 aliphatic heterocycles. The molecule has 7 unspecified atom stereocenters. The lowest BCUT2D eigenvalue weighted by atomic mass is 9.76. The molecule has 0 saturated heterocycles. The molecule has 2 aromatic rings. The minimum atomic E-state index is -4.01. The number of rotatable bonds is 10. The molecule has 0 spiro atoms. The lowest BCUT2D eigenvalue weighted by Crippen LogP contribution is -2.35. The Hall–Kier alpha value is -1.53. The summed E-state index contributed by atoms with van der Waals surface area (Å²) < 4.78 is 34.7. The number of esters is 1. The summed E-state index contributed by atoms with van der Waals surface area (Å²) in [6, 6.07) is 7.08. The Morgan fingerprint density at radius 3 is 1.97 bits per heavy atom. The van der Waals surface area contributed by atoms with Crippen LogP contribution in [0.1, 0.15) is 101 Å². The summed E-state index contributed by atoms with van der Waals surface area (Å²) in [7, 11) is -4.01. The Morgan fingerprint density at radius 2 is 1.51 bits per heavy atom. The molecule has 4 rings (SSSR count). The predicted molar refractivity (Wildman–Crippen MR) is 157 cm³/mol. The topological polar surface area (TPSA) is 74.7 Å². The number of carbonyl (C=O) groups excluding carboxylic acids is 1. The van der Waals surface area contributed by atoms with E-state index in [9.17, 15) is 4.79 Å². The van der Waals surface area contributed by atoms with Crippen molar-refractivity contribution >= 4 is 24.9 Å². The van der Waals surface area contributed by atoms with Crippen molar-refractivity contribution in [1.29, 1.82) is 0 Å². The summed E-state index contributed by atoms with van der Waals surface area (Å²) >= 11 is 1.30. The molecule has 2 saturated carbocycles. The van der Waals surface area contributed by atoms with Crippen molar-refractivity contribution in [2.75, 3.05) is 0 Å². The smallest absolute Gasteiger partial charge is 0.376 e. The van der Waals surface area contributed by atoms with Crippen LogP contribution in [0.25, 0.3) is 0 Å². The number of aromatic nitrogens is 1. The molecule has 8 heteroatoms. The van der Waals surface area contributed by atoms with E-state index in [-0.39, 0.29) is 24.0 Å². The van der Waals surface area contributed by atoms with Gasteiger partial charge in [-0.05, 0) is 91.5 Å². The Kier molecular flexibility index (Phi) is 10.5. The standard InChI is InChI=1S/C31H46NO5PS/c1-20(2)24-13-11-22(5)27(17-24)36-38(34,37-28-18-25(21(3)4)14-12-23(28)6)31(26-9-7-15-32-19-26)35-30(33)29-10-8-16-39-29/h7-10,15-16,19-25,27-28,31H,11-14,17-18H2,1-6H3. The zero-order valence-corrected chi connectivity index (χ0v) is 26.0. The second-order valence-electron chi connectivity index (χ2n) is 12.4. The van der Waals surface area contributed by atoms with E-state index in [0.717, 1.165) is 38.5 Å². The molecular formula is C31H46NO5PS. The lowest BCUT2D eigenvalue weighted by molar-refractivity contribution is -0.0108. The Balaban J connectivity index is 1.72. The molecule has 39 heavy (non-hydrogen) atoms. The monoisotopic (exact) mass is 575 g/mol. The van der Waals surface area contributed by atoms with Gasteiger partial charge in [0.1, 0.15) is 4.88 Å². The van der Waals surface area contributed by atoms with Crippen LogP contribution in [0, 0.1) is 35.5 Å². The van der Waals surface area contributed by atoms with Crippen LogP contribution in [0.15, 0.2) is 42.0 Å². The largest absolute Gasteiger partial charge is 0.440 e. The zero-order chi connectivity index (χ0) is 28.2. The van der Waals surface area contributed by atoms with Gasteiger partial charge in [-0.15, -0.1) is 11.3 Å². The van der Waals surface area contributed by atoms with Gasteiger partial charge >= 0.3 is 13.6 Å². The summed E-state index contributed by atoms with van der Waals surface area (Å²) in [4.78, 5) is 18.0. The van der Waals surface area contributed by atoms with Crippen LogP contribution in [0.4, 0.5) is 0 Å². The molecular weight excluding hydrogens is 529 g/mol. The SMILES string of the molecule is CC(C)C1CCC(C)C(OP(=O)(OC2CC(C(C)C)CCC2C)C(OC(=O)c2cccs2)c2cccnc2)C1. The normalized spacial score (nSPS) is 30.2. The number of nitrogens with zero attached hydrogens (tertiary/aromatic N) is 1. The number of ether oxygens (including phenoxy) is 1. The van der Waals surface area contributed by atoms with Crippen molar-refractivity contribution in [3.05, 3.63) is 52.5 Å². The number of hydrogen-bond donors (Lipinski definition) is 0. The second-order valence-corrected chi connectivity index (χ2v) is 15.4. The van der Waals surface area contributed by atoms with E-state index in [1.165, 1.54) is 11.3 Å². The molecule has 2 heterocycles. The molecule has 0 aromatic carbocycles. The molecule has 2 aliphatic carbocycles. The minimum Gasteiger partial charge on any atom is -0.440 e. The highest BCUT2D eigenvalue weighted by Gasteiger charge is 2.48. The maximum atomic E-state index is 15.3. The number of hydrogen-bond acceptors (Lipinski definition) is 7. The van der Waals surface area contributed by atoms with Gasteiger partial charge in [-0.3, -0.25) is 9.55 Å². The molecule has 0 N–H and O–H groups in total. The summed E-state index contributed by atoms with van der Waals surface area (Å²) in [5, 5.41) is 1.83. The fourth-order valence-corrected chi connectivity index (χ4v) is 8.99. The Labute approximate surface area is 238 Å². The van der Waals surface area contributed by atoms with Gasteiger partial charge in [0.2, 0.25) is 5.85 Å². The van der Waals surface area contributed by atoms with Gasteiger partial charge in [0.05, 0.1) is 12.2 Å². The van der Waals surface area contributed by atoms with Crippen molar-refractivity contribution in [1.82, 2.24) is 4.98 Å². The summed E-state index contributed by atoms with van der Waals surface area (Å²) in [5.41, 5.74) is 0.526. The third kappa shape index (κ3) is 7.61. The third-order valence-corrected chi connectivity index (χ3v) is 11.9. The molecule has 2 aromatic heterocycles. The van der Waals surface area contributed by atoms with E-state index in [0.29, 0.717) is 34.1 Å². The third-order valence-electron chi connectivity index (χ3n) is 8.97. The van der Waals surface area contributed by atoms with E-state index in [2.05, 4.69) is 46.5 Å². The molecule has 216 valence electrons. The van der Waals surface area contributed by atoms with E-state index in [4.69, 9.17) is 13.8 Å². The first kappa shape index (κ1) is 30.4. The fraction of sp³-hybridized carbons (Fsp3) is 0.677. The van der Waals surface area contributed by atoms with Crippen LogP contribution in [-0.2, 0) is 18.3 Å². The van der Waals surface area contributed by atoms with E-state index in [1.54, 1.807) is 36.7 Å². The van der Waals surface area contributed by atoms with Crippen molar-refractivity contribution in [2.45, 2.75) is 98.1 Å². The molecule has 0 amide bonds. The van der Waals surface area contributed by atoms with Gasteiger partial charge < -0.3 is 13.8 Å². The van der Waals surface area contributed by atoms with Gasteiger partial charge in [0, 0.05) is 18.0 Å². The summed E-state index contributed by atoms with van der Waals surface area (Å²) in [5.74, 6) is 0.741. The highest BCUT2D eigenvalue weighted by Crippen LogP contribution is 2.65. The first-order chi connectivity index (χ1) is 18.6. The van der Waals surface area contributed by atoms with Crippen LogP contribution in [0.3, 0.4) is 0 Å². The molecule has 6 nitrogen and oxygen atoms in total. The maximum absolute atomic E-state index is 15.3. The van der Waals surface area contributed by atoms with Crippen LogP contribution >= 0.6 is 18.9 Å². The number of carbonyl (C=O) groups is 1. The van der Waals surface area contributed by atoms with Gasteiger partial charge in [-0.2, -0.15) is 0 Å². The number of pyridine rings is 1. The summed E-state index contributed by atoms with van der Waals surface area (Å²) in [6.45, 7) is 13.3. The van der Waals surface area contributed by atoms with E-state index >= 15 is 4.57 Å². The second kappa shape index (κ2) is 13.4. The van der Waals surface area contributed by atoms with Crippen LogP contribution < -0.4 is 0 Å². The molecule has 0 bridgehead atoms. The highest BCUT2D eigenvalue weighted by atomic mass is 32.1. The lowest BCUT2D eigenvalue weighted by Gasteiger charge is -2.42. The average Bonchev–Trinajstić information content (AvgIpc) is 3.45. The van der Waals surface area contributed by atoms with Gasteiger partial charge in [0.25, 0.3) is 0 Å². The van der Waals surface area contributed by atoms with Gasteiger partial charge in [-0.1, -0.05) is 53.7 Å². The number of thiophene rings is 1. The molecule has 0 radical (unpaired) electrons. The first-order valence-electron chi connectivity index (χ1n) is 14.7. The van der Waals surface area contributed by atoms with Crippen LogP contribution in [0.2, 0.25) is 0 Å². The Morgan fingerprint density at radius 1 is 0.923 bits per heavy atom. The quantitative estimate of drug-likeness (QED) is 0.208. The van der Waals surface area contributed by atoms with Gasteiger partial charge in [-0.25, -0.2) is 4.79 Å². The van der Waals surface area contributed by atoms with E-state index in [1.807, 2.05) is 5.38 Å². The highest BCUT2D eigenvalue weighted by molar-refractivity contribution is 7.54. The molecule has 2 fully saturated rings. The molecule has 2 aliphatic rings. The van der Waals surface area contributed by atoms with E-state index < -0.39 is 19.4 Å². The minimum absolute atomic E-state index is 0.228. The predicted octanol–water partition coefficient (Wildman–Crippen LogP) is 9.15. The first-order valence-corrected chi connectivity index (χ1v) is 17.2. The fourth-order valence-electron chi connectivity index (χ4n) is 6.03. The van der Waals surface area contributed by atoms with Crippen molar-refractivity contribution in [2.24, 2.45) is 35.5 Å². The van der Waals surface area contributed by atoms with Crippen molar-refractivity contribution in [3.8, 4) is 0 Å². The summed E-state index contributed by atoms with van der Waals surface area (Å²) in [6.07, 6.45) is 8.71. The maximum Gasteiger partial charge on any atom is 0.376 e. The van der Waals surface area contributed by atoms with Gasteiger partial charge in [0.15, 0.2) is 0 Å².